The average Bonchev–Trinajstić information content (AvgIpc) is 1.25. The molecule has 0 saturated carbocycles. The Morgan fingerprint density at radius 2 is 0.845 bits per heavy atom. The number of halogens is 9. The van der Waals surface area contributed by atoms with E-state index in [2.05, 4.69) is 40.5 Å². The van der Waals surface area contributed by atoms with Gasteiger partial charge in [0.25, 0.3) is 0 Å². The van der Waals surface area contributed by atoms with Gasteiger partial charge in [-0.25, -0.2) is 32.9 Å². The predicted octanol–water partition coefficient (Wildman–Crippen LogP) is 14.0. The van der Waals surface area contributed by atoms with Crippen LogP contribution in [0.1, 0.15) is 112 Å². The fraction of sp³-hybridized carbons (Fsp3) is 0.400. The molecule has 6 aromatic heterocycles. The molecule has 110 heavy (non-hydrogen) atoms. The van der Waals surface area contributed by atoms with Gasteiger partial charge in [-0.3, -0.25) is 28.5 Å². The molecule has 4 saturated heterocycles. The van der Waals surface area contributed by atoms with Crippen LogP contribution in [0.5, 0.6) is 17.2 Å². The number of rotatable bonds is 21. The summed E-state index contributed by atoms with van der Waals surface area (Å²) in [7, 11) is 1.52. The fourth-order valence-corrected chi connectivity index (χ4v) is 15.3. The average molecular weight is 1640 g/mol. The van der Waals surface area contributed by atoms with Crippen molar-refractivity contribution >= 4 is 105 Å². The molecule has 9 aromatic rings. The van der Waals surface area contributed by atoms with Crippen LogP contribution in [-0.4, -0.2) is 186 Å². The number of benzene rings is 3. The lowest BCUT2D eigenvalue weighted by Gasteiger charge is -2.34. The van der Waals surface area contributed by atoms with Crippen LogP contribution in [0, 0.1) is 17.5 Å². The van der Waals surface area contributed by atoms with Gasteiger partial charge in [0.15, 0.2) is 34.7 Å². The Labute approximate surface area is 663 Å². The van der Waals surface area contributed by atoms with Gasteiger partial charge in [-0.15, -0.1) is 0 Å². The predicted molar refractivity (Wildman–Crippen MR) is 415 cm³/mol. The lowest BCUT2D eigenvalue weighted by molar-refractivity contribution is -0.136. The van der Waals surface area contributed by atoms with Crippen LogP contribution in [0.15, 0.2) is 110 Å². The van der Waals surface area contributed by atoms with Crippen molar-refractivity contribution in [1.29, 1.82) is 0 Å². The second kappa shape index (κ2) is 37.9. The number of anilines is 3. The third kappa shape index (κ3) is 20.2. The number of pyridine rings is 3. The summed E-state index contributed by atoms with van der Waals surface area (Å²) in [5, 5.41) is 25.8. The molecule has 4 aliphatic heterocycles. The lowest BCUT2D eigenvalue weighted by Crippen LogP contribution is -2.47. The van der Waals surface area contributed by atoms with E-state index in [1.165, 1.54) is 43.5 Å². The van der Waals surface area contributed by atoms with Gasteiger partial charge in [0.2, 0.25) is 11.8 Å². The standard InChI is InChI=1S/C27H31Cl2FN6O3.C24H27Cl2FN6O3.C24H26Cl2FN5O3/c1-17(25-21(28)2-3-22(30)26(25)29)39-23-12-18(13-32-27(23)31)19-14-33-36(15-19)20-4-6-35(7-5-20)24(37)16-34-8-10-38-11-9-34;1-14(21-18(25)2-3-19(27)22(21)26)36-20-10-15(11-30-23(20)28)16-12-31-33(13-16)17-4-7-32(8-5-17)24(35)29-6-9-34;1-14(22-18(25)3-4-19(27)23(22)26)35-20-9-15(10-29-24(20)28)16-11-30-32(12-16)17-5-7-31(8-6-17)21(33)13-34-2/h2-3,12-15,17,20H,4-11,16H2,1H3,(H2,31,32);2-3,10-14,17,34H,4-9H2,1H3,(H2,28,30)(H,29,35);3-4,9-12,14,17H,5-8,13H2,1-2H3,(H2,28,29). The van der Waals surface area contributed by atoms with Crippen LogP contribution in [0.4, 0.5) is 35.4 Å². The summed E-state index contributed by atoms with van der Waals surface area (Å²) in [6.07, 6.45) is 18.8. The number of hydrogen-bond acceptors (Lipinski definition) is 19. The van der Waals surface area contributed by atoms with Crippen molar-refractivity contribution in [1.82, 2.24) is 69.2 Å². The van der Waals surface area contributed by atoms with E-state index in [0.29, 0.717) is 103 Å². The van der Waals surface area contributed by atoms with E-state index < -0.39 is 35.8 Å². The first kappa shape index (κ1) is 82.1. The number of aliphatic hydroxyl groups excluding tert-OH is 1. The van der Waals surface area contributed by atoms with Crippen LogP contribution in [0.3, 0.4) is 0 Å². The molecule has 0 spiro atoms. The van der Waals surface area contributed by atoms with Crippen molar-refractivity contribution in [2.45, 2.75) is 95.7 Å². The molecule has 4 aliphatic rings. The molecule has 586 valence electrons. The minimum atomic E-state index is -0.678. The number of ether oxygens (including phenoxy) is 5. The fourth-order valence-electron chi connectivity index (χ4n) is 13.3. The second-order valence-corrected chi connectivity index (χ2v) is 29.1. The number of aliphatic hydroxyl groups is 1. The van der Waals surface area contributed by atoms with E-state index in [-0.39, 0.29) is 93.3 Å². The first-order valence-electron chi connectivity index (χ1n) is 35.6. The van der Waals surface area contributed by atoms with Crippen molar-refractivity contribution in [2.24, 2.45) is 0 Å². The SMILES string of the molecule is CC(Oc1cc(-c2cnn(C3CCN(C(=O)CN4CCOCC4)CC3)c2)cnc1N)c1c(Cl)ccc(F)c1Cl.CC(Oc1cc(-c2cnn(C3CCN(C(=O)NCCO)CC3)c2)cnc1N)c1c(Cl)ccc(F)c1Cl.COCC(=O)N1CCC(n2cc(-c3cnc(N)c(OC(C)c4c(Cl)ccc(F)c4Cl)c3)cn2)CC1. The number of urea groups is 1. The van der Waals surface area contributed by atoms with E-state index in [1.807, 2.05) is 42.4 Å². The molecule has 3 aromatic carbocycles. The maximum absolute atomic E-state index is 14.0. The third-order valence-corrected chi connectivity index (χ3v) is 21.6. The van der Waals surface area contributed by atoms with E-state index >= 15 is 0 Å². The first-order chi connectivity index (χ1) is 52.9. The summed E-state index contributed by atoms with van der Waals surface area (Å²) in [4.78, 5) is 57.3. The molecular formula is C75H84Cl6F3N17O9. The molecule has 26 nitrogen and oxygen atoms in total. The number of likely N-dealkylation sites (tertiary alicyclic amines) is 3. The maximum Gasteiger partial charge on any atom is 0.317 e. The summed E-state index contributed by atoms with van der Waals surface area (Å²) in [5.41, 5.74) is 24.0. The monoisotopic (exact) mass is 1630 g/mol. The molecule has 35 heteroatoms. The minimum absolute atomic E-state index is 0.00243. The Morgan fingerprint density at radius 3 is 1.18 bits per heavy atom. The third-order valence-electron chi connectivity index (χ3n) is 19.4. The quantitative estimate of drug-likeness (QED) is 0.0417. The molecule has 4 fully saturated rings. The highest BCUT2D eigenvalue weighted by Gasteiger charge is 2.31. The molecule has 13 rings (SSSR count). The Bertz CT molecular complexity index is 4690. The Balaban J connectivity index is 0.000000164. The van der Waals surface area contributed by atoms with Crippen LogP contribution in [0.25, 0.3) is 33.4 Å². The molecule has 0 bridgehead atoms. The lowest BCUT2D eigenvalue weighted by atomic mass is 10.0. The van der Waals surface area contributed by atoms with Gasteiger partial charge in [-0.1, -0.05) is 69.6 Å². The molecule has 0 aliphatic carbocycles. The minimum Gasteiger partial charge on any atom is -0.482 e. The molecule has 0 radical (unpaired) electrons. The Kier molecular flexibility index (Phi) is 28.3. The van der Waals surface area contributed by atoms with Crippen molar-refractivity contribution in [3.63, 3.8) is 0 Å². The zero-order valence-electron chi connectivity index (χ0n) is 60.7. The number of carbonyl (C=O) groups excluding carboxylic acids is 3. The number of methoxy groups -OCH3 is 1. The zero-order chi connectivity index (χ0) is 78.4. The van der Waals surface area contributed by atoms with Gasteiger partial charge < -0.3 is 66.0 Å². The number of nitrogens with two attached hydrogens (primary N) is 3. The van der Waals surface area contributed by atoms with Crippen molar-refractivity contribution < 1.29 is 56.3 Å². The van der Waals surface area contributed by atoms with Gasteiger partial charge in [-0.05, 0) is 114 Å². The zero-order valence-corrected chi connectivity index (χ0v) is 65.2. The number of piperidine rings is 3. The van der Waals surface area contributed by atoms with Crippen molar-refractivity contribution in [3.8, 4) is 50.6 Å². The van der Waals surface area contributed by atoms with Gasteiger partial charge in [0, 0.05) is 168 Å². The normalized spacial score (nSPS) is 16.1. The maximum atomic E-state index is 14.0. The summed E-state index contributed by atoms with van der Waals surface area (Å²) in [5.74, 6) is -0.0560. The number of nitrogens with one attached hydrogen (secondary N) is 1. The van der Waals surface area contributed by atoms with Crippen molar-refractivity contribution in [2.75, 3.05) is 116 Å². The molecule has 8 N–H and O–H groups in total. The molecule has 10 heterocycles. The summed E-state index contributed by atoms with van der Waals surface area (Å²) < 4.78 is 76.0. The Morgan fingerprint density at radius 1 is 0.509 bits per heavy atom. The summed E-state index contributed by atoms with van der Waals surface area (Å²) in [6.45, 7) is 12.7. The number of carbonyl (C=O) groups is 3. The highest BCUT2D eigenvalue weighted by Crippen LogP contribution is 2.42. The first-order valence-corrected chi connectivity index (χ1v) is 37.9. The van der Waals surface area contributed by atoms with Crippen LogP contribution < -0.4 is 36.7 Å². The van der Waals surface area contributed by atoms with E-state index in [0.717, 1.165) is 85.0 Å². The molecule has 3 unspecified atom stereocenters. The number of aromatic nitrogens is 9. The van der Waals surface area contributed by atoms with Crippen LogP contribution >= 0.6 is 69.6 Å². The second-order valence-electron chi connectivity index (χ2n) is 26.7. The Hall–Kier alpha value is -8.88. The topological polar surface area (TPSA) is 313 Å². The highest BCUT2D eigenvalue weighted by molar-refractivity contribution is 6.37. The van der Waals surface area contributed by atoms with Crippen molar-refractivity contribution in [3.05, 3.63) is 175 Å². The number of hydrogen-bond donors (Lipinski definition) is 5. The van der Waals surface area contributed by atoms with Crippen LogP contribution in [0.2, 0.25) is 30.1 Å². The van der Waals surface area contributed by atoms with Crippen LogP contribution in [-0.2, 0) is 19.1 Å². The van der Waals surface area contributed by atoms with Gasteiger partial charge in [0.05, 0.1) is 78.1 Å². The van der Waals surface area contributed by atoms with E-state index in [1.54, 1.807) is 81.1 Å². The largest absolute Gasteiger partial charge is 0.482 e. The number of nitrogens with zero attached hydrogens (tertiary/aromatic N) is 13. The van der Waals surface area contributed by atoms with Gasteiger partial charge in [-0.2, -0.15) is 15.3 Å². The molecule has 3 atom stereocenters. The summed E-state index contributed by atoms with van der Waals surface area (Å²) in [6, 6.07) is 13.6. The molecule has 4 amide bonds. The van der Waals surface area contributed by atoms with Gasteiger partial charge >= 0.3 is 6.03 Å². The molecular weight excluding hydrogens is 1550 g/mol. The van der Waals surface area contributed by atoms with Gasteiger partial charge in [0.1, 0.15) is 42.4 Å². The van der Waals surface area contributed by atoms with E-state index in [4.69, 9.17) is 116 Å². The number of nitrogen functional groups attached to an aromatic ring is 3. The smallest absolute Gasteiger partial charge is 0.317 e. The highest BCUT2D eigenvalue weighted by atomic mass is 35.5. The number of amides is 4. The summed E-state index contributed by atoms with van der Waals surface area (Å²) >= 11 is 37.1. The van der Waals surface area contributed by atoms with E-state index in [9.17, 15) is 27.6 Å². The number of morpholine rings is 1.